The lowest BCUT2D eigenvalue weighted by Crippen LogP contribution is -2.05. The fourth-order valence-corrected chi connectivity index (χ4v) is 2.20. The Morgan fingerprint density at radius 3 is 2.47 bits per heavy atom. The van der Waals surface area contributed by atoms with Gasteiger partial charge in [0.25, 0.3) is 0 Å². The van der Waals surface area contributed by atoms with E-state index < -0.39 is 0 Å². The lowest BCUT2D eigenvalue weighted by Gasteiger charge is -2.12. The zero-order valence-electron chi connectivity index (χ0n) is 10.4. The van der Waals surface area contributed by atoms with E-state index in [9.17, 15) is 0 Å². The van der Waals surface area contributed by atoms with Crippen LogP contribution in [0.4, 0.5) is 0 Å². The van der Waals surface area contributed by atoms with Gasteiger partial charge in [-0.3, -0.25) is 0 Å². The SMILES string of the molecule is NCCc1ccccc1OCc1cccc(Cl)c1Cl. The normalized spacial score (nSPS) is 10.5. The number of benzene rings is 2. The Morgan fingerprint density at radius 2 is 1.68 bits per heavy atom. The van der Waals surface area contributed by atoms with Crippen molar-refractivity contribution >= 4 is 23.2 Å². The van der Waals surface area contributed by atoms with Crippen LogP contribution in [0.15, 0.2) is 42.5 Å². The summed E-state index contributed by atoms with van der Waals surface area (Å²) in [5, 5.41) is 1.08. The quantitative estimate of drug-likeness (QED) is 0.902. The highest BCUT2D eigenvalue weighted by Gasteiger charge is 2.07. The molecule has 2 nitrogen and oxygen atoms in total. The molecule has 2 aromatic rings. The van der Waals surface area contributed by atoms with Gasteiger partial charge in [-0.05, 0) is 30.7 Å². The van der Waals surface area contributed by atoms with Crippen LogP contribution in [0.5, 0.6) is 5.75 Å². The fraction of sp³-hybridized carbons (Fsp3) is 0.200. The van der Waals surface area contributed by atoms with Crippen molar-refractivity contribution in [2.75, 3.05) is 6.54 Å². The molecule has 0 saturated carbocycles. The van der Waals surface area contributed by atoms with Gasteiger partial charge in [0.2, 0.25) is 0 Å². The van der Waals surface area contributed by atoms with Crippen molar-refractivity contribution in [3.8, 4) is 5.75 Å². The van der Waals surface area contributed by atoms with Gasteiger partial charge in [-0.25, -0.2) is 0 Å². The third-order valence-electron chi connectivity index (χ3n) is 2.80. The molecule has 2 N–H and O–H groups in total. The minimum Gasteiger partial charge on any atom is -0.489 e. The second-order valence-electron chi connectivity index (χ2n) is 4.15. The van der Waals surface area contributed by atoms with Gasteiger partial charge in [-0.2, -0.15) is 0 Å². The first-order valence-corrected chi connectivity index (χ1v) is 6.81. The molecule has 2 aromatic carbocycles. The van der Waals surface area contributed by atoms with Gasteiger partial charge < -0.3 is 10.5 Å². The van der Waals surface area contributed by atoms with E-state index in [1.807, 2.05) is 36.4 Å². The predicted octanol–water partition coefficient (Wildman–Crippen LogP) is 4.07. The summed E-state index contributed by atoms with van der Waals surface area (Å²) in [6.45, 7) is 0.985. The van der Waals surface area contributed by atoms with Gasteiger partial charge in [0.1, 0.15) is 12.4 Å². The number of halogens is 2. The minimum atomic E-state index is 0.390. The van der Waals surface area contributed by atoms with E-state index in [0.717, 1.165) is 23.3 Å². The number of ether oxygens (including phenoxy) is 1. The third-order valence-corrected chi connectivity index (χ3v) is 3.66. The molecule has 0 amide bonds. The molecule has 0 saturated heterocycles. The van der Waals surface area contributed by atoms with Crippen molar-refractivity contribution in [3.05, 3.63) is 63.6 Å². The standard InChI is InChI=1S/C15H15Cl2NO/c16-13-6-3-5-12(15(13)17)10-19-14-7-2-1-4-11(14)8-9-18/h1-7H,8-10,18H2. The molecule has 2 rings (SSSR count). The molecule has 0 atom stereocenters. The van der Waals surface area contributed by atoms with Crippen molar-refractivity contribution in [1.29, 1.82) is 0 Å². The van der Waals surface area contributed by atoms with Gasteiger partial charge in [0, 0.05) is 5.56 Å². The average Bonchev–Trinajstić information content (AvgIpc) is 2.42. The first-order valence-electron chi connectivity index (χ1n) is 6.06. The van der Waals surface area contributed by atoms with E-state index in [-0.39, 0.29) is 0 Å². The van der Waals surface area contributed by atoms with E-state index in [2.05, 4.69) is 0 Å². The summed E-state index contributed by atoms with van der Waals surface area (Å²) < 4.78 is 5.81. The summed E-state index contributed by atoms with van der Waals surface area (Å²) in [4.78, 5) is 0. The molecule has 0 radical (unpaired) electrons. The van der Waals surface area contributed by atoms with Crippen molar-refractivity contribution in [2.45, 2.75) is 13.0 Å². The second-order valence-corrected chi connectivity index (χ2v) is 4.93. The Balaban J connectivity index is 2.12. The highest BCUT2D eigenvalue weighted by Crippen LogP contribution is 2.27. The number of hydrogen-bond acceptors (Lipinski definition) is 2. The summed E-state index contributed by atoms with van der Waals surface area (Å²) in [6, 6.07) is 13.4. The summed E-state index contributed by atoms with van der Waals surface area (Å²) in [5.74, 6) is 0.837. The topological polar surface area (TPSA) is 35.2 Å². The third kappa shape index (κ3) is 3.63. The van der Waals surface area contributed by atoms with Crippen LogP contribution in [0.3, 0.4) is 0 Å². The van der Waals surface area contributed by atoms with Crippen molar-refractivity contribution < 1.29 is 4.74 Å². The van der Waals surface area contributed by atoms with Crippen molar-refractivity contribution in [1.82, 2.24) is 0 Å². The maximum absolute atomic E-state index is 6.13. The van der Waals surface area contributed by atoms with Gasteiger partial charge in [-0.1, -0.05) is 53.5 Å². The molecule has 0 aromatic heterocycles. The molecule has 100 valence electrons. The highest BCUT2D eigenvalue weighted by atomic mass is 35.5. The largest absolute Gasteiger partial charge is 0.489 e. The Hall–Kier alpha value is -1.22. The van der Waals surface area contributed by atoms with Crippen LogP contribution in [0.2, 0.25) is 10.0 Å². The monoisotopic (exact) mass is 295 g/mol. The molecular formula is C15H15Cl2NO. The number of nitrogens with two attached hydrogens (primary N) is 1. The van der Waals surface area contributed by atoms with E-state index in [4.69, 9.17) is 33.7 Å². The van der Waals surface area contributed by atoms with Crippen LogP contribution < -0.4 is 10.5 Å². The van der Waals surface area contributed by atoms with Crippen LogP contribution in [0.25, 0.3) is 0 Å². The summed E-state index contributed by atoms with van der Waals surface area (Å²) in [7, 11) is 0. The Bertz CT molecular complexity index is 558. The number of para-hydroxylation sites is 1. The second kappa shape index (κ2) is 6.80. The van der Waals surface area contributed by atoms with Crippen LogP contribution >= 0.6 is 23.2 Å². The van der Waals surface area contributed by atoms with E-state index >= 15 is 0 Å². The molecule has 0 unspecified atom stereocenters. The van der Waals surface area contributed by atoms with E-state index in [0.29, 0.717) is 23.2 Å². The lowest BCUT2D eigenvalue weighted by atomic mass is 10.1. The van der Waals surface area contributed by atoms with Crippen LogP contribution in [0, 0.1) is 0 Å². The highest BCUT2D eigenvalue weighted by molar-refractivity contribution is 6.42. The van der Waals surface area contributed by atoms with Crippen LogP contribution in [-0.2, 0) is 13.0 Å². The zero-order chi connectivity index (χ0) is 13.7. The fourth-order valence-electron chi connectivity index (χ4n) is 1.82. The van der Waals surface area contributed by atoms with Gasteiger partial charge in [0.05, 0.1) is 10.0 Å². The Labute approximate surface area is 123 Å². The summed E-state index contributed by atoms with van der Waals surface area (Å²) in [6.07, 6.45) is 0.791. The minimum absolute atomic E-state index is 0.390. The van der Waals surface area contributed by atoms with Crippen LogP contribution in [-0.4, -0.2) is 6.54 Å². The van der Waals surface area contributed by atoms with Crippen molar-refractivity contribution in [2.24, 2.45) is 5.73 Å². The van der Waals surface area contributed by atoms with E-state index in [1.165, 1.54) is 0 Å². The molecule has 0 aliphatic heterocycles. The van der Waals surface area contributed by atoms with Crippen LogP contribution in [0.1, 0.15) is 11.1 Å². The zero-order valence-corrected chi connectivity index (χ0v) is 11.9. The number of rotatable bonds is 5. The molecule has 0 bridgehead atoms. The first-order chi connectivity index (χ1) is 9.22. The molecule has 0 fully saturated rings. The lowest BCUT2D eigenvalue weighted by molar-refractivity contribution is 0.303. The molecule has 0 heterocycles. The van der Waals surface area contributed by atoms with Gasteiger partial charge in [-0.15, -0.1) is 0 Å². The molecule has 0 aliphatic carbocycles. The molecule has 0 spiro atoms. The predicted molar refractivity (Wildman–Crippen MR) is 80.0 cm³/mol. The average molecular weight is 296 g/mol. The Morgan fingerprint density at radius 1 is 0.947 bits per heavy atom. The Kier molecular flexibility index (Phi) is 5.08. The maximum atomic E-state index is 6.13. The first kappa shape index (κ1) is 14.2. The summed E-state index contributed by atoms with van der Waals surface area (Å²) >= 11 is 12.1. The maximum Gasteiger partial charge on any atom is 0.123 e. The van der Waals surface area contributed by atoms with E-state index in [1.54, 1.807) is 6.07 Å². The molecule has 19 heavy (non-hydrogen) atoms. The smallest absolute Gasteiger partial charge is 0.123 e. The number of hydrogen-bond donors (Lipinski definition) is 1. The van der Waals surface area contributed by atoms with Gasteiger partial charge in [0.15, 0.2) is 0 Å². The molecule has 0 aliphatic rings. The summed E-state index contributed by atoms with van der Waals surface area (Å²) in [5.41, 5.74) is 7.56. The molecule has 4 heteroatoms. The van der Waals surface area contributed by atoms with Gasteiger partial charge >= 0.3 is 0 Å². The van der Waals surface area contributed by atoms with Crippen molar-refractivity contribution in [3.63, 3.8) is 0 Å². The molecular weight excluding hydrogens is 281 g/mol.